The Morgan fingerprint density at radius 2 is 1.85 bits per heavy atom. The molecular weight excluding hydrogens is 331 g/mol. The van der Waals surface area contributed by atoms with Crippen LogP contribution >= 0.6 is 0 Å². The molecule has 0 radical (unpaired) electrons. The van der Waals surface area contributed by atoms with Gasteiger partial charge in [0, 0.05) is 18.3 Å². The molecule has 0 aliphatic heterocycles. The fourth-order valence-electron chi connectivity index (χ4n) is 2.58. The molecule has 6 heteroatoms. The monoisotopic (exact) mass is 346 g/mol. The lowest BCUT2D eigenvalue weighted by Gasteiger charge is -2.08. The van der Waals surface area contributed by atoms with Gasteiger partial charge in [0.2, 0.25) is 5.82 Å². The third-order valence-corrected chi connectivity index (χ3v) is 3.85. The zero-order valence-corrected chi connectivity index (χ0v) is 13.8. The van der Waals surface area contributed by atoms with Gasteiger partial charge < -0.3 is 9.84 Å². The summed E-state index contributed by atoms with van der Waals surface area (Å²) in [4.78, 5) is 8.75. The molecule has 4 rings (SSSR count). The van der Waals surface area contributed by atoms with Crippen LogP contribution in [0.3, 0.4) is 0 Å². The Morgan fingerprint density at radius 1 is 0.962 bits per heavy atom. The van der Waals surface area contributed by atoms with Crippen molar-refractivity contribution in [3.05, 3.63) is 84.3 Å². The van der Waals surface area contributed by atoms with E-state index < -0.39 is 0 Å². The fourth-order valence-corrected chi connectivity index (χ4v) is 2.58. The summed E-state index contributed by atoms with van der Waals surface area (Å²) in [5, 5.41) is 7.24. The van der Waals surface area contributed by atoms with Gasteiger partial charge in [0.25, 0.3) is 5.89 Å². The number of nitrogens with zero attached hydrogens (tertiary/aromatic N) is 3. The van der Waals surface area contributed by atoms with Crippen LogP contribution in [-0.4, -0.2) is 15.1 Å². The van der Waals surface area contributed by atoms with E-state index in [1.165, 1.54) is 12.1 Å². The van der Waals surface area contributed by atoms with Crippen molar-refractivity contribution >= 4 is 5.82 Å². The Kier molecular flexibility index (Phi) is 4.38. The lowest BCUT2D eigenvalue weighted by molar-refractivity contribution is 0.432. The van der Waals surface area contributed by atoms with Crippen LogP contribution in [0.25, 0.3) is 22.8 Å². The molecule has 0 spiro atoms. The third kappa shape index (κ3) is 3.44. The van der Waals surface area contributed by atoms with Crippen LogP contribution in [0.5, 0.6) is 0 Å². The highest BCUT2D eigenvalue weighted by Gasteiger charge is 2.15. The molecule has 0 atom stereocenters. The van der Waals surface area contributed by atoms with Gasteiger partial charge in [-0.2, -0.15) is 4.98 Å². The van der Waals surface area contributed by atoms with E-state index in [-0.39, 0.29) is 5.82 Å². The molecular formula is C20H15FN4O. The summed E-state index contributed by atoms with van der Waals surface area (Å²) in [6.07, 6.45) is 1.70. The number of benzene rings is 2. The van der Waals surface area contributed by atoms with Crippen molar-refractivity contribution in [2.24, 2.45) is 0 Å². The lowest BCUT2D eigenvalue weighted by Crippen LogP contribution is -2.02. The Bertz CT molecular complexity index is 1020. The van der Waals surface area contributed by atoms with Crippen LogP contribution in [0.2, 0.25) is 0 Å². The van der Waals surface area contributed by atoms with Crippen LogP contribution < -0.4 is 5.32 Å². The highest BCUT2D eigenvalue weighted by molar-refractivity contribution is 5.70. The summed E-state index contributed by atoms with van der Waals surface area (Å²) in [5.41, 5.74) is 2.39. The summed E-state index contributed by atoms with van der Waals surface area (Å²) >= 11 is 0. The van der Waals surface area contributed by atoms with E-state index in [1.54, 1.807) is 24.4 Å². The molecule has 0 aliphatic rings. The average molecular weight is 346 g/mol. The standard InChI is InChI=1S/C20H15FN4O/c21-16-9-4-8-15(12-16)18-24-20(26-25-18)17-10-5-11-22-19(17)23-13-14-6-2-1-3-7-14/h1-12H,13H2,(H,22,23). The minimum Gasteiger partial charge on any atom is -0.365 e. The quantitative estimate of drug-likeness (QED) is 0.574. The second-order valence-corrected chi connectivity index (χ2v) is 5.67. The van der Waals surface area contributed by atoms with Crippen LogP contribution in [0.4, 0.5) is 10.2 Å². The molecule has 0 saturated heterocycles. The van der Waals surface area contributed by atoms with E-state index in [0.717, 1.165) is 5.56 Å². The summed E-state index contributed by atoms with van der Waals surface area (Å²) in [5.74, 6) is 0.955. The van der Waals surface area contributed by atoms with Crippen molar-refractivity contribution in [1.82, 2.24) is 15.1 Å². The summed E-state index contributed by atoms with van der Waals surface area (Å²) in [6.45, 7) is 0.621. The normalized spacial score (nSPS) is 10.7. The maximum Gasteiger partial charge on any atom is 0.261 e. The van der Waals surface area contributed by atoms with Gasteiger partial charge in [-0.3, -0.25) is 0 Å². The largest absolute Gasteiger partial charge is 0.365 e. The number of aromatic nitrogens is 3. The zero-order valence-electron chi connectivity index (χ0n) is 13.8. The van der Waals surface area contributed by atoms with Crippen molar-refractivity contribution in [1.29, 1.82) is 0 Å². The number of rotatable bonds is 5. The Morgan fingerprint density at radius 3 is 2.69 bits per heavy atom. The first-order valence-electron chi connectivity index (χ1n) is 8.12. The van der Waals surface area contributed by atoms with Gasteiger partial charge in [-0.1, -0.05) is 47.6 Å². The smallest absolute Gasteiger partial charge is 0.261 e. The average Bonchev–Trinajstić information content (AvgIpc) is 3.17. The SMILES string of the molecule is Fc1cccc(-c2noc(-c3cccnc3NCc3ccccc3)n2)c1. The van der Waals surface area contributed by atoms with E-state index in [0.29, 0.717) is 35.2 Å². The van der Waals surface area contributed by atoms with Gasteiger partial charge in [-0.05, 0) is 29.8 Å². The number of halogens is 1. The van der Waals surface area contributed by atoms with E-state index in [1.807, 2.05) is 36.4 Å². The topological polar surface area (TPSA) is 63.8 Å². The molecule has 0 aliphatic carbocycles. The van der Waals surface area contributed by atoms with Crippen LogP contribution in [-0.2, 0) is 6.54 Å². The van der Waals surface area contributed by atoms with Crippen molar-refractivity contribution < 1.29 is 8.91 Å². The van der Waals surface area contributed by atoms with Crippen molar-refractivity contribution in [3.63, 3.8) is 0 Å². The number of pyridine rings is 1. The van der Waals surface area contributed by atoms with Crippen molar-refractivity contribution in [3.8, 4) is 22.8 Å². The van der Waals surface area contributed by atoms with Gasteiger partial charge in [-0.15, -0.1) is 0 Å². The highest BCUT2D eigenvalue weighted by Crippen LogP contribution is 2.27. The molecule has 26 heavy (non-hydrogen) atoms. The van der Waals surface area contributed by atoms with Crippen molar-refractivity contribution in [2.45, 2.75) is 6.54 Å². The van der Waals surface area contributed by atoms with E-state index >= 15 is 0 Å². The molecule has 4 aromatic rings. The Hall–Kier alpha value is -3.54. The van der Waals surface area contributed by atoms with Gasteiger partial charge in [-0.25, -0.2) is 9.37 Å². The maximum absolute atomic E-state index is 13.4. The van der Waals surface area contributed by atoms with Crippen LogP contribution in [0, 0.1) is 5.82 Å². The number of nitrogens with one attached hydrogen (secondary N) is 1. The number of hydrogen-bond acceptors (Lipinski definition) is 5. The molecule has 5 nitrogen and oxygen atoms in total. The molecule has 0 fully saturated rings. The first-order valence-corrected chi connectivity index (χ1v) is 8.12. The van der Waals surface area contributed by atoms with E-state index in [4.69, 9.17) is 4.52 Å². The predicted octanol–water partition coefficient (Wildman–Crippen LogP) is 4.55. The Labute approximate surface area is 149 Å². The maximum atomic E-state index is 13.4. The first-order chi connectivity index (χ1) is 12.8. The lowest BCUT2D eigenvalue weighted by atomic mass is 10.2. The van der Waals surface area contributed by atoms with Gasteiger partial charge in [0.05, 0.1) is 5.56 Å². The molecule has 1 N–H and O–H groups in total. The summed E-state index contributed by atoms with van der Waals surface area (Å²) in [7, 11) is 0. The van der Waals surface area contributed by atoms with Gasteiger partial charge in [0.1, 0.15) is 11.6 Å². The zero-order chi connectivity index (χ0) is 17.8. The van der Waals surface area contributed by atoms with E-state index in [2.05, 4.69) is 20.4 Å². The Balaban J connectivity index is 1.60. The molecule has 2 aromatic heterocycles. The van der Waals surface area contributed by atoms with Gasteiger partial charge in [0.15, 0.2) is 0 Å². The summed E-state index contributed by atoms with van der Waals surface area (Å²) in [6, 6.07) is 19.7. The fraction of sp³-hybridized carbons (Fsp3) is 0.0500. The summed E-state index contributed by atoms with van der Waals surface area (Å²) < 4.78 is 18.8. The highest BCUT2D eigenvalue weighted by atomic mass is 19.1. The predicted molar refractivity (Wildman–Crippen MR) is 96.7 cm³/mol. The molecule has 2 heterocycles. The van der Waals surface area contributed by atoms with Crippen LogP contribution in [0.15, 0.2) is 77.4 Å². The second kappa shape index (κ2) is 7.14. The van der Waals surface area contributed by atoms with Gasteiger partial charge >= 0.3 is 0 Å². The second-order valence-electron chi connectivity index (χ2n) is 5.67. The molecule has 0 bridgehead atoms. The molecule has 128 valence electrons. The minimum atomic E-state index is -0.347. The third-order valence-electron chi connectivity index (χ3n) is 3.85. The first kappa shape index (κ1) is 16.0. The molecule has 2 aromatic carbocycles. The molecule has 0 unspecified atom stereocenters. The molecule has 0 saturated carbocycles. The van der Waals surface area contributed by atoms with E-state index in [9.17, 15) is 4.39 Å². The molecule has 0 amide bonds. The van der Waals surface area contributed by atoms with Crippen molar-refractivity contribution in [2.75, 3.05) is 5.32 Å². The number of anilines is 1. The van der Waals surface area contributed by atoms with Crippen LogP contribution in [0.1, 0.15) is 5.56 Å². The number of hydrogen-bond donors (Lipinski definition) is 1. The minimum absolute atomic E-state index is 0.327.